The summed E-state index contributed by atoms with van der Waals surface area (Å²) >= 11 is 0. The van der Waals surface area contributed by atoms with Gasteiger partial charge < -0.3 is 34.2 Å². The van der Waals surface area contributed by atoms with Gasteiger partial charge in [0, 0.05) is 50.9 Å². The number of ether oxygens (including phenoxy) is 3. The van der Waals surface area contributed by atoms with Crippen LogP contribution >= 0.6 is 0 Å². The van der Waals surface area contributed by atoms with Crippen LogP contribution in [0, 0.1) is 25.7 Å². The summed E-state index contributed by atoms with van der Waals surface area (Å²) < 4.78 is 16.9. The summed E-state index contributed by atoms with van der Waals surface area (Å²) in [6.45, 7) is 11.1. The van der Waals surface area contributed by atoms with Gasteiger partial charge in [-0.25, -0.2) is 9.59 Å². The molecule has 3 saturated heterocycles. The third kappa shape index (κ3) is 9.44. The zero-order valence-electron chi connectivity index (χ0n) is 31.9. The van der Waals surface area contributed by atoms with Crippen LogP contribution in [0.25, 0.3) is 0 Å². The Morgan fingerprint density at radius 2 is 1.47 bits per heavy atom. The summed E-state index contributed by atoms with van der Waals surface area (Å²) in [5.74, 6) is 1.60. The van der Waals surface area contributed by atoms with Crippen molar-refractivity contribution >= 4 is 29.7 Å². The molecule has 288 valence electrons. The lowest BCUT2D eigenvalue weighted by molar-refractivity contribution is -0.144. The molecule has 0 aromatic heterocycles. The van der Waals surface area contributed by atoms with E-state index in [0.29, 0.717) is 70.6 Å². The van der Waals surface area contributed by atoms with Gasteiger partial charge in [-0.3, -0.25) is 14.5 Å². The van der Waals surface area contributed by atoms with E-state index >= 15 is 0 Å². The number of methoxy groups -OCH3 is 1. The minimum absolute atomic E-state index is 0.0159. The first-order chi connectivity index (χ1) is 25.6. The van der Waals surface area contributed by atoms with Crippen molar-refractivity contribution in [3.63, 3.8) is 0 Å². The number of rotatable bonds is 10. The van der Waals surface area contributed by atoms with Crippen molar-refractivity contribution in [2.45, 2.75) is 84.3 Å². The van der Waals surface area contributed by atoms with Gasteiger partial charge in [-0.1, -0.05) is 30.3 Å². The SMILES string of the molecule is CCOC(=O)CN1CCC(C2CCN(C(=O)[C@@H](Cc3cc(C)c(OC)c(C)c3)OC(=O)N3CCC(N4CCc5ccccc5NC4=O)CC3)CC2)CC1. The van der Waals surface area contributed by atoms with Crippen LogP contribution in [0.15, 0.2) is 36.4 Å². The highest BCUT2D eigenvalue weighted by molar-refractivity contribution is 5.91. The number of anilines is 1. The number of benzene rings is 2. The van der Waals surface area contributed by atoms with Crippen LogP contribution in [-0.4, -0.2) is 122 Å². The standard InChI is InChI=1S/C41H57N5O7/c1-5-52-37(47)27-43-17-10-31(11-18-43)32-12-19-44(20-13-32)39(48)36(26-30-24-28(2)38(51-4)29(3)25-30)53-41(50)45-21-15-34(16-22-45)46-23-14-33-8-6-7-9-35(33)42-40(46)49/h6-9,24-25,31-32,34,36H,5,10-23,26-27H2,1-4H3,(H,42,49)/t36-/m1/s1. The summed E-state index contributed by atoms with van der Waals surface area (Å²) in [6.07, 6.45) is 4.82. The largest absolute Gasteiger partial charge is 0.496 e. The zero-order valence-corrected chi connectivity index (χ0v) is 31.9. The molecule has 53 heavy (non-hydrogen) atoms. The first-order valence-corrected chi connectivity index (χ1v) is 19.5. The van der Waals surface area contributed by atoms with Gasteiger partial charge in [-0.15, -0.1) is 0 Å². The maximum Gasteiger partial charge on any atom is 0.410 e. The summed E-state index contributed by atoms with van der Waals surface area (Å²) in [4.78, 5) is 60.7. The predicted octanol–water partition coefficient (Wildman–Crippen LogP) is 5.43. The van der Waals surface area contributed by atoms with Crippen molar-refractivity contribution in [1.29, 1.82) is 0 Å². The van der Waals surface area contributed by atoms with Gasteiger partial charge in [0.2, 0.25) is 0 Å². The van der Waals surface area contributed by atoms with E-state index in [2.05, 4.69) is 10.2 Å². The number of amides is 4. The smallest absolute Gasteiger partial charge is 0.410 e. The molecule has 12 heteroatoms. The first-order valence-electron chi connectivity index (χ1n) is 19.5. The normalized spacial score (nSPS) is 19.9. The number of carbonyl (C=O) groups is 4. The second kappa shape index (κ2) is 17.7. The number of hydrogen-bond donors (Lipinski definition) is 1. The molecule has 1 atom stereocenters. The van der Waals surface area contributed by atoms with E-state index in [0.717, 1.165) is 78.9 Å². The van der Waals surface area contributed by atoms with E-state index in [-0.39, 0.29) is 30.4 Å². The molecule has 0 bridgehead atoms. The maximum absolute atomic E-state index is 14.2. The Hall–Kier alpha value is -4.32. The minimum atomic E-state index is -0.954. The van der Waals surface area contributed by atoms with Crippen LogP contribution in [0.4, 0.5) is 15.3 Å². The van der Waals surface area contributed by atoms with Gasteiger partial charge in [0.15, 0.2) is 6.10 Å². The second-order valence-electron chi connectivity index (χ2n) is 15.2. The summed E-state index contributed by atoms with van der Waals surface area (Å²) in [7, 11) is 1.65. The first kappa shape index (κ1) is 38.4. The number of nitrogens with zero attached hydrogens (tertiary/aromatic N) is 4. The number of aryl methyl sites for hydroxylation is 2. The number of piperidine rings is 3. The molecule has 4 aliphatic heterocycles. The maximum atomic E-state index is 14.2. The third-order valence-electron chi connectivity index (χ3n) is 11.8. The topological polar surface area (TPSA) is 121 Å². The van der Waals surface area contributed by atoms with Gasteiger partial charge in [0.1, 0.15) is 5.75 Å². The predicted molar refractivity (Wildman–Crippen MR) is 202 cm³/mol. The highest BCUT2D eigenvalue weighted by Gasteiger charge is 2.37. The number of likely N-dealkylation sites (tertiary alicyclic amines) is 3. The van der Waals surface area contributed by atoms with Crippen LogP contribution in [0.3, 0.4) is 0 Å². The van der Waals surface area contributed by atoms with Gasteiger partial charge in [-0.2, -0.15) is 0 Å². The van der Waals surface area contributed by atoms with Gasteiger partial charge in [0.05, 0.1) is 20.3 Å². The molecule has 4 amide bonds. The number of urea groups is 1. The summed E-state index contributed by atoms with van der Waals surface area (Å²) in [6, 6.07) is 11.8. The molecule has 12 nitrogen and oxygen atoms in total. The lowest BCUT2D eigenvalue weighted by Crippen LogP contribution is -2.52. The molecule has 0 unspecified atom stereocenters. The Morgan fingerprint density at radius 3 is 2.11 bits per heavy atom. The zero-order chi connectivity index (χ0) is 37.5. The van der Waals surface area contributed by atoms with Crippen molar-refractivity contribution in [2.24, 2.45) is 11.8 Å². The molecule has 6 rings (SSSR count). The Bertz CT molecular complexity index is 1590. The highest BCUT2D eigenvalue weighted by atomic mass is 16.6. The monoisotopic (exact) mass is 731 g/mol. The van der Waals surface area contributed by atoms with Gasteiger partial charge in [0.25, 0.3) is 5.91 Å². The number of fused-ring (bicyclic) bond motifs is 1. The average molecular weight is 732 g/mol. The summed E-state index contributed by atoms with van der Waals surface area (Å²) in [5, 5.41) is 3.06. The van der Waals surface area contributed by atoms with E-state index in [1.165, 1.54) is 0 Å². The van der Waals surface area contributed by atoms with Crippen LogP contribution in [0.5, 0.6) is 5.75 Å². The Labute approximate surface area is 314 Å². The number of esters is 1. The van der Waals surface area contributed by atoms with Gasteiger partial charge >= 0.3 is 18.1 Å². The lowest BCUT2D eigenvalue weighted by Gasteiger charge is -2.41. The quantitative estimate of drug-likeness (QED) is 0.322. The van der Waals surface area contributed by atoms with E-state index in [9.17, 15) is 19.2 Å². The molecule has 0 saturated carbocycles. The number of hydrogen-bond acceptors (Lipinski definition) is 8. The minimum Gasteiger partial charge on any atom is -0.496 e. The van der Waals surface area contributed by atoms with Crippen molar-refractivity contribution in [3.8, 4) is 5.75 Å². The van der Waals surface area contributed by atoms with E-state index in [4.69, 9.17) is 14.2 Å². The molecule has 0 radical (unpaired) electrons. The molecule has 4 heterocycles. The third-order valence-corrected chi connectivity index (χ3v) is 11.8. The van der Waals surface area contributed by atoms with E-state index in [1.807, 2.05) is 67.0 Å². The molecule has 0 spiro atoms. The molecule has 2 aromatic rings. The number of carbonyl (C=O) groups excluding carboxylic acids is 4. The van der Waals surface area contributed by atoms with Crippen molar-refractivity contribution in [2.75, 3.05) is 71.4 Å². The highest BCUT2D eigenvalue weighted by Crippen LogP contribution is 2.33. The fourth-order valence-corrected chi connectivity index (χ4v) is 8.93. The molecule has 4 aliphatic rings. The fourth-order valence-electron chi connectivity index (χ4n) is 8.93. The molecule has 1 N–H and O–H groups in total. The fraction of sp³-hybridized carbons (Fsp3) is 0.610. The van der Waals surface area contributed by atoms with Crippen LogP contribution in [0.1, 0.15) is 67.7 Å². The number of para-hydroxylation sites is 1. The van der Waals surface area contributed by atoms with Crippen LogP contribution < -0.4 is 10.1 Å². The van der Waals surface area contributed by atoms with Crippen LogP contribution in [-0.2, 0) is 31.9 Å². The summed E-state index contributed by atoms with van der Waals surface area (Å²) in [5.41, 5.74) is 4.84. The van der Waals surface area contributed by atoms with E-state index < -0.39 is 12.2 Å². The average Bonchev–Trinajstić information content (AvgIpc) is 3.32. The molecule has 0 aliphatic carbocycles. The van der Waals surface area contributed by atoms with Crippen molar-refractivity contribution in [1.82, 2.24) is 19.6 Å². The van der Waals surface area contributed by atoms with E-state index in [1.54, 1.807) is 12.0 Å². The Kier molecular flexibility index (Phi) is 12.8. The lowest BCUT2D eigenvalue weighted by atomic mass is 9.78. The molecule has 2 aromatic carbocycles. The molecule has 3 fully saturated rings. The number of nitrogens with one attached hydrogen (secondary N) is 1. The van der Waals surface area contributed by atoms with Crippen LogP contribution in [0.2, 0.25) is 0 Å². The molecular weight excluding hydrogens is 674 g/mol. The Morgan fingerprint density at radius 1 is 0.849 bits per heavy atom. The van der Waals surface area contributed by atoms with Crippen molar-refractivity contribution in [3.05, 3.63) is 58.7 Å². The van der Waals surface area contributed by atoms with Gasteiger partial charge in [-0.05, 0) is 119 Å². The van der Waals surface area contributed by atoms with Crippen molar-refractivity contribution < 1.29 is 33.4 Å². The Balaban J connectivity index is 1.06. The molecular formula is C41H57N5O7. The second-order valence-corrected chi connectivity index (χ2v) is 15.2.